The van der Waals surface area contributed by atoms with Crippen molar-refractivity contribution in [1.82, 2.24) is 4.90 Å². The zero-order valence-corrected chi connectivity index (χ0v) is 17.8. The van der Waals surface area contributed by atoms with Gasteiger partial charge < -0.3 is 20.1 Å². The van der Waals surface area contributed by atoms with Crippen molar-refractivity contribution >= 4 is 35.9 Å². The summed E-state index contributed by atoms with van der Waals surface area (Å²) in [6, 6.07) is 12.8. The Morgan fingerprint density at radius 3 is 2.50 bits per heavy atom. The Morgan fingerprint density at radius 1 is 1.12 bits per heavy atom. The van der Waals surface area contributed by atoms with Crippen molar-refractivity contribution in [2.75, 3.05) is 13.2 Å². The molecule has 32 heavy (non-hydrogen) atoms. The number of carbonyl (C=O) groups excluding carboxylic acids is 3. The van der Waals surface area contributed by atoms with Crippen LogP contribution in [0.4, 0.5) is 5.69 Å². The second-order valence-corrected chi connectivity index (χ2v) is 7.06. The van der Waals surface area contributed by atoms with Gasteiger partial charge in [-0.15, -0.1) is 0 Å². The van der Waals surface area contributed by atoms with Crippen LogP contribution in [0.2, 0.25) is 0 Å². The normalized spacial score (nSPS) is 15.9. The summed E-state index contributed by atoms with van der Waals surface area (Å²) in [4.78, 5) is 42.3. The Kier molecular flexibility index (Phi) is 7.75. The smallest absolute Gasteiger partial charge is 0.343 e. The SMILES string of the molecule is CCOC(=O)C1CCCN1C(=O)/C=C/c1ccc(C(=O)Oc2ccc(N=CN)cc2)cc1. The van der Waals surface area contributed by atoms with Gasteiger partial charge in [0.1, 0.15) is 11.8 Å². The molecular formula is C24H25N3O5. The van der Waals surface area contributed by atoms with Gasteiger partial charge in [0, 0.05) is 12.6 Å². The van der Waals surface area contributed by atoms with Crippen molar-refractivity contribution < 1.29 is 23.9 Å². The molecule has 0 saturated carbocycles. The number of benzene rings is 2. The lowest BCUT2D eigenvalue weighted by Crippen LogP contribution is -2.40. The molecule has 8 heteroatoms. The van der Waals surface area contributed by atoms with Gasteiger partial charge in [-0.3, -0.25) is 4.79 Å². The Bertz CT molecular complexity index is 1010. The highest BCUT2D eigenvalue weighted by Crippen LogP contribution is 2.20. The number of ether oxygens (including phenoxy) is 2. The maximum Gasteiger partial charge on any atom is 0.343 e. The summed E-state index contributed by atoms with van der Waals surface area (Å²) in [6.07, 6.45) is 5.64. The second-order valence-electron chi connectivity index (χ2n) is 7.06. The molecule has 1 aliphatic rings. The van der Waals surface area contributed by atoms with Crippen molar-refractivity contribution in [3.8, 4) is 5.75 Å². The number of rotatable bonds is 7. The van der Waals surface area contributed by atoms with Crippen LogP contribution in [0.5, 0.6) is 5.75 Å². The van der Waals surface area contributed by atoms with Crippen LogP contribution in [-0.4, -0.2) is 48.3 Å². The molecule has 0 radical (unpaired) electrons. The van der Waals surface area contributed by atoms with Crippen LogP contribution in [0.3, 0.4) is 0 Å². The summed E-state index contributed by atoms with van der Waals surface area (Å²) in [7, 11) is 0. The van der Waals surface area contributed by atoms with E-state index in [1.54, 1.807) is 61.5 Å². The Hall–Kier alpha value is -3.94. The van der Waals surface area contributed by atoms with Gasteiger partial charge in [0.05, 0.1) is 24.2 Å². The molecule has 0 aromatic heterocycles. The third kappa shape index (κ3) is 5.81. The number of likely N-dealkylation sites (tertiary alicyclic amines) is 1. The standard InChI is InChI=1S/C24H25N3O5/c1-2-31-24(30)21-4-3-15-27(21)22(28)14-7-17-5-8-18(9-6-17)23(29)32-20-12-10-19(11-13-20)26-16-25/h5-14,16,21H,2-4,15H2,1H3,(H2,25,26)/b14-7+. The minimum atomic E-state index is -0.527. The molecule has 1 aliphatic heterocycles. The summed E-state index contributed by atoms with van der Waals surface area (Å²) in [5.74, 6) is -0.717. The molecule has 0 spiro atoms. The van der Waals surface area contributed by atoms with Crippen molar-refractivity contribution in [2.45, 2.75) is 25.8 Å². The van der Waals surface area contributed by atoms with Gasteiger partial charge in [-0.2, -0.15) is 0 Å². The number of nitrogens with zero attached hydrogens (tertiary/aromatic N) is 2. The highest BCUT2D eigenvalue weighted by molar-refractivity contribution is 5.95. The van der Waals surface area contributed by atoms with Crippen LogP contribution >= 0.6 is 0 Å². The van der Waals surface area contributed by atoms with E-state index in [4.69, 9.17) is 15.2 Å². The lowest BCUT2D eigenvalue weighted by Gasteiger charge is -2.21. The predicted octanol–water partition coefficient (Wildman–Crippen LogP) is 3.09. The van der Waals surface area contributed by atoms with Gasteiger partial charge in [0.25, 0.3) is 0 Å². The quantitative estimate of drug-likeness (QED) is 0.235. The summed E-state index contributed by atoms with van der Waals surface area (Å²) < 4.78 is 10.4. The first-order chi connectivity index (χ1) is 15.5. The van der Waals surface area contributed by atoms with Gasteiger partial charge in [-0.25, -0.2) is 14.6 Å². The molecule has 8 nitrogen and oxygen atoms in total. The zero-order chi connectivity index (χ0) is 22.9. The number of hydrogen-bond donors (Lipinski definition) is 1. The summed E-state index contributed by atoms with van der Waals surface area (Å²) in [5, 5.41) is 0. The first kappa shape index (κ1) is 22.7. The summed E-state index contributed by atoms with van der Waals surface area (Å²) in [6.45, 7) is 2.56. The Balaban J connectivity index is 1.59. The zero-order valence-electron chi connectivity index (χ0n) is 17.8. The minimum absolute atomic E-state index is 0.244. The highest BCUT2D eigenvalue weighted by atomic mass is 16.5. The van der Waals surface area contributed by atoms with E-state index in [0.29, 0.717) is 30.0 Å². The van der Waals surface area contributed by atoms with Crippen molar-refractivity contribution in [3.63, 3.8) is 0 Å². The third-order valence-corrected chi connectivity index (χ3v) is 4.93. The van der Waals surface area contributed by atoms with Gasteiger partial charge in [0.15, 0.2) is 0 Å². The number of hydrogen-bond acceptors (Lipinski definition) is 6. The second kappa shape index (κ2) is 10.9. The van der Waals surface area contributed by atoms with Gasteiger partial charge in [-0.05, 0) is 67.8 Å². The minimum Gasteiger partial charge on any atom is -0.464 e. The highest BCUT2D eigenvalue weighted by Gasteiger charge is 2.34. The largest absolute Gasteiger partial charge is 0.464 e. The molecule has 1 unspecified atom stereocenters. The molecule has 1 atom stereocenters. The lowest BCUT2D eigenvalue weighted by molar-refractivity contribution is -0.151. The first-order valence-corrected chi connectivity index (χ1v) is 10.3. The van der Waals surface area contributed by atoms with Crippen molar-refractivity contribution in [3.05, 3.63) is 65.7 Å². The van der Waals surface area contributed by atoms with E-state index < -0.39 is 12.0 Å². The fourth-order valence-electron chi connectivity index (χ4n) is 3.36. The van der Waals surface area contributed by atoms with E-state index in [1.165, 1.54) is 17.3 Å². The van der Waals surface area contributed by atoms with E-state index in [9.17, 15) is 14.4 Å². The van der Waals surface area contributed by atoms with Crippen molar-refractivity contribution in [2.24, 2.45) is 10.7 Å². The Morgan fingerprint density at radius 2 is 1.84 bits per heavy atom. The van der Waals surface area contributed by atoms with Crippen LogP contribution in [0.1, 0.15) is 35.7 Å². The van der Waals surface area contributed by atoms with Crippen LogP contribution < -0.4 is 10.5 Å². The van der Waals surface area contributed by atoms with Crippen LogP contribution in [0.25, 0.3) is 6.08 Å². The molecule has 0 aliphatic carbocycles. The average molecular weight is 435 g/mol. The molecule has 1 fully saturated rings. The van der Waals surface area contributed by atoms with E-state index >= 15 is 0 Å². The van der Waals surface area contributed by atoms with E-state index in [-0.39, 0.29) is 18.5 Å². The fraction of sp³-hybridized carbons (Fsp3) is 0.250. The number of nitrogens with two attached hydrogens (primary N) is 1. The van der Waals surface area contributed by atoms with Crippen LogP contribution in [0.15, 0.2) is 59.6 Å². The number of amides is 1. The van der Waals surface area contributed by atoms with E-state index in [2.05, 4.69) is 4.99 Å². The van der Waals surface area contributed by atoms with Crippen LogP contribution in [-0.2, 0) is 14.3 Å². The molecule has 1 amide bonds. The predicted molar refractivity (Wildman–Crippen MR) is 121 cm³/mol. The van der Waals surface area contributed by atoms with Gasteiger partial charge in [0.2, 0.25) is 5.91 Å². The Labute approximate surface area is 186 Å². The average Bonchev–Trinajstić information content (AvgIpc) is 3.30. The molecule has 0 bridgehead atoms. The molecule has 2 N–H and O–H groups in total. The third-order valence-electron chi connectivity index (χ3n) is 4.93. The van der Waals surface area contributed by atoms with Crippen molar-refractivity contribution in [1.29, 1.82) is 0 Å². The summed E-state index contributed by atoms with van der Waals surface area (Å²) >= 11 is 0. The topological polar surface area (TPSA) is 111 Å². The monoisotopic (exact) mass is 435 g/mol. The molecule has 1 heterocycles. The molecule has 166 valence electrons. The maximum atomic E-state index is 12.5. The van der Waals surface area contributed by atoms with Gasteiger partial charge >= 0.3 is 11.9 Å². The maximum absolute atomic E-state index is 12.5. The molecule has 3 rings (SSSR count). The van der Waals surface area contributed by atoms with Crippen LogP contribution in [0, 0.1) is 0 Å². The number of carbonyl (C=O) groups is 3. The number of esters is 2. The molecular weight excluding hydrogens is 410 g/mol. The fourth-order valence-corrected chi connectivity index (χ4v) is 3.36. The lowest BCUT2D eigenvalue weighted by atomic mass is 10.1. The van der Waals surface area contributed by atoms with Gasteiger partial charge in [-0.1, -0.05) is 12.1 Å². The first-order valence-electron chi connectivity index (χ1n) is 10.3. The summed E-state index contributed by atoms with van der Waals surface area (Å²) in [5.41, 5.74) is 7.01. The van der Waals surface area contributed by atoms with E-state index in [0.717, 1.165) is 12.0 Å². The van der Waals surface area contributed by atoms with E-state index in [1.807, 2.05) is 0 Å². The molecule has 1 saturated heterocycles. The number of aliphatic imine (C=N–C) groups is 1. The molecule has 2 aromatic rings. The molecule has 2 aromatic carbocycles.